The fourth-order valence-corrected chi connectivity index (χ4v) is 4.51. The Morgan fingerprint density at radius 2 is 2.07 bits per heavy atom. The largest absolute Gasteiger partial charge is 0.339 e. The lowest BCUT2D eigenvalue weighted by Crippen LogP contribution is -2.57. The number of amides is 2. The molecule has 0 aromatic heterocycles. The van der Waals surface area contributed by atoms with Gasteiger partial charge in [-0.3, -0.25) is 9.59 Å². The van der Waals surface area contributed by atoms with Gasteiger partial charge in [0.15, 0.2) is 0 Å². The lowest BCUT2D eigenvalue weighted by molar-refractivity contribution is -0.143. The predicted octanol–water partition coefficient (Wildman–Crippen LogP) is 3.02. The molecule has 6 heteroatoms. The maximum atomic E-state index is 13.3. The van der Waals surface area contributed by atoms with Crippen molar-refractivity contribution in [2.45, 2.75) is 39.2 Å². The Labute approximate surface area is 173 Å². The first kappa shape index (κ1) is 21.5. The Morgan fingerprint density at radius 1 is 1.28 bits per heavy atom. The van der Waals surface area contributed by atoms with E-state index in [2.05, 4.69) is 23.6 Å². The fourth-order valence-electron chi connectivity index (χ4n) is 4.51. The molecule has 2 fully saturated rings. The van der Waals surface area contributed by atoms with Crippen molar-refractivity contribution in [2.75, 3.05) is 39.3 Å². The van der Waals surface area contributed by atoms with Crippen LogP contribution in [0.25, 0.3) is 6.08 Å². The number of carbonyl (C=O) groups excluding carboxylic acids is 2. The maximum absolute atomic E-state index is 13.3. The zero-order chi connectivity index (χ0) is 20.8. The minimum Gasteiger partial charge on any atom is -0.339 e. The quantitative estimate of drug-likeness (QED) is 0.660. The van der Waals surface area contributed by atoms with Crippen LogP contribution in [-0.4, -0.2) is 71.8 Å². The summed E-state index contributed by atoms with van der Waals surface area (Å²) >= 11 is 0. The highest BCUT2D eigenvalue weighted by atomic mass is 19.1. The fraction of sp³-hybridized carbons (Fsp3) is 0.565. The van der Waals surface area contributed by atoms with Crippen LogP contribution in [0.2, 0.25) is 0 Å². The van der Waals surface area contributed by atoms with Crippen molar-refractivity contribution in [3.63, 3.8) is 0 Å². The summed E-state index contributed by atoms with van der Waals surface area (Å²) in [5, 5.41) is 0. The summed E-state index contributed by atoms with van der Waals surface area (Å²) in [5.41, 5.74) is 0.680. The summed E-state index contributed by atoms with van der Waals surface area (Å²) in [7, 11) is 0. The average molecular weight is 402 g/mol. The number of fused-ring (bicyclic) bond motifs is 1. The Kier molecular flexibility index (Phi) is 7.42. The Morgan fingerprint density at radius 3 is 2.79 bits per heavy atom. The van der Waals surface area contributed by atoms with Crippen molar-refractivity contribution in [3.8, 4) is 0 Å². The molecular weight excluding hydrogens is 369 g/mol. The molecule has 29 heavy (non-hydrogen) atoms. The van der Waals surface area contributed by atoms with Crippen LogP contribution in [0.5, 0.6) is 0 Å². The van der Waals surface area contributed by atoms with Crippen LogP contribution >= 0.6 is 0 Å². The van der Waals surface area contributed by atoms with E-state index >= 15 is 0 Å². The smallest absolute Gasteiger partial charge is 0.246 e. The molecule has 158 valence electrons. The second-order valence-electron chi connectivity index (χ2n) is 7.94. The monoisotopic (exact) mass is 401 g/mol. The first-order valence-electron chi connectivity index (χ1n) is 10.8. The predicted molar refractivity (Wildman–Crippen MR) is 113 cm³/mol. The molecule has 1 aromatic carbocycles. The van der Waals surface area contributed by atoms with Crippen molar-refractivity contribution in [1.82, 2.24) is 14.7 Å². The lowest BCUT2D eigenvalue weighted by atomic mass is 9.83. The Balaban J connectivity index is 1.58. The third kappa shape index (κ3) is 5.44. The molecular formula is C23H32FN3O2. The molecule has 0 unspecified atom stereocenters. The van der Waals surface area contributed by atoms with E-state index in [1.54, 1.807) is 18.2 Å². The molecule has 0 N–H and O–H groups in total. The zero-order valence-electron chi connectivity index (χ0n) is 17.5. The number of hydrogen-bond donors (Lipinski definition) is 0. The second kappa shape index (κ2) is 10.0. The molecule has 2 saturated heterocycles. The topological polar surface area (TPSA) is 43.9 Å². The van der Waals surface area contributed by atoms with Crippen LogP contribution < -0.4 is 0 Å². The van der Waals surface area contributed by atoms with Gasteiger partial charge < -0.3 is 14.7 Å². The van der Waals surface area contributed by atoms with Crippen molar-refractivity contribution in [3.05, 3.63) is 41.7 Å². The molecule has 0 bridgehead atoms. The van der Waals surface area contributed by atoms with Crippen molar-refractivity contribution < 1.29 is 14.0 Å². The van der Waals surface area contributed by atoms with E-state index in [0.29, 0.717) is 31.0 Å². The molecule has 2 heterocycles. The van der Waals surface area contributed by atoms with E-state index in [4.69, 9.17) is 0 Å². The summed E-state index contributed by atoms with van der Waals surface area (Å²) in [5.74, 6) is 0.241. The number of likely N-dealkylation sites (N-methyl/N-ethyl adjacent to an activating group) is 1. The molecule has 3 rings (SSSR count). The SMILES string of the molecule is CCN(CC)CCN1C(=O)CC[C@H]2CN(C(=O)/C=C/c3cccc(F)c3)CC[C@H]21. The summed E-state index contributed by atoms with van der Waals surface area (Å²) in [4.78, 5) is 31.4. The summed E-state index contributed by atoms with van der Waals surface area (Å²) < 4.78 is 13.3. The van der Waals surface area contributed by atoms with Crippen LogP contribution in [0.4, 0.5) is 4.39 Å². The minimum atomic E-state index is -0.308. The Hall–Kier alpha value is -2.21. The molecule has 2 aliphatic rings. The molecule has 2 atom stereocenters. The van der Waals surface area contributed by atoms with Gasteiger partial charge in [-0.15, -0.1) is 0 Å². The number of benzene rings is 1. The maximum Gasteiger partial charge on any atom is 0.246 e. The molecule has 5 nitrogen and oxygen atoms in total. The third-order valence-electron chi connectivity index (χ3n) is 6.27. The highest BCUT2D eigenvalue weighted by Crippen LogP contribution is 2.31. The van der Waals surface area contributed by atoms with Gasteiger partial charge in [0.2, 0.25) is 11.8 Å². The molecule has 1 aromatic rings. The third-order valence-corrected chi connectivity index (χ3v) is 6.27. The number of likely N-dealkylation sites (tertiary alicyclic amines) is 2. The van der Waals surface area contributed by atoms with Crippen LogP contribution in [0, 0.1) is 11.7 Å². The van der Waals surface area contributed by atoms with E-state index in [-0.39, 0.29) is 23.7 Å². The molecule has 0 saturated carbocycles. The van der Waals surface area contributed by atoms with Crippen LogP contribution in [0.15, 0.2) is 30.3 Å². The summed E-state index contributed by atoms with van der Waals surface area (Å²) in [6.07, 6.45) is 5.44. The minimum absolute atomic E-state index is 0.0423. The lowest BCUT2D eigenvalue weighted by Gasteiger charge is -2.47. The van der Waals surface area contributed by atoms with E-state index in [1.807, 2.05) is 4.90 Å². The molecule has 2 aliphatic heterocycles. The van der Waals surface area contributed by atoms with E-state index in [1.165, 1.54) is 18.2 Å². The molecule has 0 aliphatic carbocycles. The number of carbonyl (C=O) groups is 2. The first-order chi connectivity index (χ1) is 14.0. The molecule has 0 spiro atoms. The van der Waals surface area contributed by atoms with Crippen molar-refractivity contribution in [2.24, 2.45) is 5.92 Å². The van der Waals surface area contributed by atoms with Crippen molar-refractivity contribution in [1.29, 1.82) is 0 Å². The standard InChI is InChI=1S/C23H32FN3O2/c1-3-25(4-2)14-15-27-21-12-13-26(17-19(21)9-11-23(27)29)22(28)10-8-18-6-5-7-20(24)16-18/h5-8,10,16,19,21H,3-4,9,11-15,17H2,1-2H3/b10-8+/t19-,21+/m0/s1. The number of nitrogens with zero attached hydrogens (tertiary/aromatic N) is 3. The van der Waals surface area contributed by atoms with Gasteiger partial charge in [0, 0.05) is 44.7 Å². The summed E-state index contributed by atoms with van der Waals surface area (Å²) in [6, 6.07) is 6.45. The van der Waals surface area contributed by atoms with Gasteiger partial charge in [0.25, 0.3) is 0 Å². The number of piperidine rings is 2. The van der Waals surface area contributed by atoms with E-state index < -0.39 is 0 Å². The van der Waals surface area contributed by atoms with E-state index in [9.17, 15) is 14.0 Å². The van der Waals surface area contributed by atoms with Gasteiger partial charge >= 0.3 is 0 Å². The van der Waals surface area contributed by atoms with Gasteiger partial charge in [-0.1, -0.05) is 26.0 Å². The van der Waals surface area contributed by atoms with Gasteiger partial charge in [-0.25, -0.2) is 4.39 Å². The van der Waals surface area contributed by atoms with Crippen LogP contribution in [0.3, 0.4) is 0 Å². The first-order valence-corrected chi connectivity index (χ1v) is 10.8. The molecule has 0 radical (unpaired) electrons. The van der Waals surface area contributed by atoms with Gasteiger partial charge in [0.05, 0.1) is 0 Å². The van der Waals surface area contributed by atoms with Crippen LogP contribution in [0.1, 0.15) is 38.7 Å². The van der Waals surface area contributed by atoms with Gasteiger partial charge in [0.1, 0.15) is 5.82 Å². The number of halogens is 1. The number of hydrogen-bond acceptors (Lipinski definition) is 3. The second-order valence-corrected chi connectivity index (χ2v) is 7.94. The molecule has 2 amide bonds. The Bertz CT molecular complexity index is 747. The summed E-state index contributed by atoms with van der Waals surface area (Å²) in [6.45, 7) is 9.29. The van der Waals surface area contributed by atoms with E-state index in [0.717, 1.165) is 39.0 Å². The number of rotatable bonds is 7. The normalized spacial score (nSPS) is 22.4. The highest BCUT2D eigenvalue weighted by Gasteiger charge is 2.39. The zero-order valence-corrected chi connectivity index (χ0v) is 17.5. The van der Waals surface area contributed by atoms with Crippen molar-refractivity contribution >= 4 is 17.9 Å². The van der Waals surface area contributed by atoms with Gasteiger partial charge in [-0.05, 0) is 55.6 Å². The van der Waals surface area contributed by atoms with Gasteiger partial charge in [-0.2, -0.15) is 0 Å². The average Bonchev–Trinajstić information content (AvgIpc) is 2.73. The van der Waals surface area contributed by atoms with Crippen LogP contribution in [-0.2, 0) is 9.59 Å². The highest BCUT2D eigenvalue weighted by molar-refractivity contribution is 5.92.